The number of piperidine rings is 1. The summed E-state index contributed by atoms with van der Waals surface area (Å²) in [5.41, 5.74) is -0.939. The van der Waals surface area contributed by atoms with E-state index in [0.29, 0.717) is 30.9 Å². The Hall–Kier alpha value is -3.56. The second-order valence-corrected chi connectivity index (χ2v) is 11.6. The fourth-order valence-electron chi connectivity index (χ4n) is 6.46. The summed E-state index contributed by atoms with van der Waals surface area (Å²) >= 11 is 0. The maximum absolute atomic E-state index is 13.3. The third kappa shape index (κ3) is 7.33. The Balaban J connectivity index is 1.29. The number of hydrogen-bond donors (Lipinski definition) is 1. The molecule has 3 aromatic rings. The molecule has 43 heavy (non-hydrogen) atoms. The number of carbonyl (C=O) groups excluding carboxylic acids is 1. The van der Waals surface area contributed by atoms with Crippen molar-refractivity contribution in [3.05, 3.63) is 100 Å². The number of hydrogen-bond acceptors (Lipinski definition) is 2. The van der Waals surface area contributed by atoms with Gasteiger partial charge in [-0.25, -0.2) is 4.39 Å². The molecule has 0 atom stereocenters. The molecule has 230 valence electrons. The van der Waals surface area contributed by atoms with Gasteiger partial charge in [0.2, 0.25) is 5.91 Å². The van der Waals surface area contributed by atoms with E-state index in [-0.39, 0.29) is 17.4 Å². The van der Waals surface area contributed by atoms with Crippen LogP contribution >= 0.6 is 0 Å². The van der Waals surface area contributed by atoms with E-state index in [2.05, 4.69) is 10.2 Å². The van der Waals surface area contributed by atoms with Crippen molar-refractivity contribution in [2.45, 2.75) is 75.2 Å². The summed E-state index contributed by atoms with van der Waals surface area (Å²) < 4.78 is 93.2. The number of nitrogens with zero attached hydrogens (tertiary/aromatic N) is 1. The number of rotatable bonds is 6. The van der Waals surface area contributed by atoms with Crippen molar-refractivity contribution in [2.24, 2.45) is 0 Å². The van der Waals surface area contributed by atoms with Crippen LogP contribution in [-0.2, 0) is 29.1 Å². The molecule has 0 spiro atoms. The zero-order valence-corrected chi connectivity index (χ0v) is 23.5. The molecular weight excluding hydrogens is 573 g/mol. The SMILES string of the molecule is O=C(Cc1cc(C(F)(F)F)cc(C(F)(F)F)c1)NC1(c2ccc(N3CCC(c4ccc(F)cc4)CC3)cc2)CCCCC1. The largest absolute Gasteiger partial charge is 0.416 e. The molecule has 1 saturated heterocycles. The van der Waals surface area contributed by atoms with Crippen molar-refractivity contribution in [3.63, 3.8) is 0 Å². The molecule has 1 aliphatic carbocycles. The molecular formula is C33H33F7N2O. The van der Waals surface area contributed by atoms with Gasteiger partial charge in [0.25, 0.3) is 0 Å². The Morgan fingerprint density at radius 2 is 1.35 bits per heavy atom. The lowest BCUT2D eigenvalue weighted by molar-refractivity contribution is -0.143. The molecule has 1 heterocycles. The molecule has 10 heteroatoms. The van der Waals surface area contributed by atoms with Gasteiger partial charge in [0.1, 0.15) is 5.82 Å². The summed E-state index contributed by atoms with van der Waals surface area (Å²) in [5, 5.41) is 3.00. The Morgan fingerprint density at radius 3 is 1.88 bits per heavy atom. The van der Waals surface area contributed by atoms with E-state index in [0.717, 1.165) is 62.0 Å². The molecule has 2 fully saturated rings. The van der Waals surface area contributed by atoms with Crippen molar-refractivity contribution in [1.82, 2.24) is 5.32 Å². The molecule has 5 rings (SSSR count). The first-order valence-corrected chi connectivity index (χ1v) is 14.5. The normalized spacial score (nSPS) is 18.0. The van der Waals surface area contributed by atoms with Crippen molar-refractivity contribution < 1.29 is 35.5 Å². The van der Waals surface area contributed by atoms with E-state index in [4.69, 9.17) is 0 Å². The predicted molar refractivity (Wildman–Crippen MR) is 150 cm³/mol. The summed E-state index contributed by atoms with van der Waals surface area (Å²) in [6.45, 7) is 1.67. The number of carbonyl (C=O) groups is 1. The smallest absolute Gasteiger partial charge is 0.371 e. The van der Waals surface area contributed by atoms with Gasteiger partial charge >= 0.3 is 12.4 Å². The van der Waals surface area contributed by atoms with Gasteiger partial charge in [-0.2, -0.15) is 26.3 Å². The monoisotopic (exact) mass is 606 g/mol. The van der Waals surface area contributed by atoms with Crippen LogP contribution in [0.3, 0.4) is 0 Å². The minimum absolute atomic E-state index is 0.0663. The van der Waals surface area contributed by atoms with E-state index in [1.165, 1.54) is 12.1 Å². The van der Waals surface area contributed by atoms with E-state index < -0.39 is 41.3 Å². The summed E-state index contributed by atoms with van der Waals surface area (Å²) in [5.74, 6) is -0.512. The van der Waals surface area contributed by atoms with Crippen molar-refractivity contribution in [2.75, 3.05) is 18.0 Å². The Morgan fingerprint density at radius 1 is 0.791 bits per heavy atom. The first-order chi connectivity index (χ1) is 20.3. The third-order valence-corrected chi connectivity index (χ3v) is 8.72. The third-order valence-electron chi connectivity index (χ3n) is 8.72. The zero-order valence-electron chi connectivity index (χ0n) is 23.5. The molecule has 1 aliphatic heterocycles. The Kier molecular flexibility index (Phi) is 8.77. The maximum atomic E-state index is 13.3. The molecule has 3 aromatic carbocycles. The van der Waals surface area contributed by atoms with Gasteiger partial charge in [-0.05, 0) is 90.8 Å². The highest BCUT2D eigenvalue weighted by Gasteiger charge is 2.38. The standard InChI is InChI=1S/C33H33F7N2O/c34-28-8-4-23(5-9-28)24-12-16-42(17-13-24)29-10-6-25(7-11-29)31(14-2-1-3-15-31)41-30(43)20-22-18-26(32(35,36)37)21-27(19-22)33(38,39)40/h4-11,18-19,21,24H,1-3,12-17,20H2,(H,41,43). The molecule has 0 radical (unpaired) electrons. The van der Waals surface area contributed by atoms with E-state index in [9.17, 15) is 35.5 Å². The predicted octanol–water partition coefficient (Wildman–Crippen LogP) is 8.77. The van der Waals surface area contributed by atoms with E-state index in [1.807, 2.05) is 36.4 Å². The molecule has 1 N–H and O–H groups in total. The molecule has 3 nitrogen and oxygen atoms in total. The zero-order chi connectivity index (χ0) is 30.8. The number of halogens is 7. The molecule has 1 saturated carbocycles. The van der Waals surface area contributed by atoms with E-state index in [1.54, 1.807) is 0 Å². The fourth-order valence-corrected chi connectivity index (χ4v) is 6.46. The van der Waals surface area contributed by atoms with Gasteiger partial charge in [-0.1, -0.05) is 43.5 Å². The van der Waals surface area contributed by atoms with Crippen LogP contribution in [0.25, 0.3) is 0 Å². The first-order valence-electron chi connectivity index (χ1n) is 14.5. The Bertz CT molecular complexity index is 1370. The quantitative estimate of drug-likeness (QED) is 0.285. The van der Waals surface area contributed by atoms with Gasteiger partial charge in [0, 0.05) is 18.8 Å². The summed E-state index contributed by atoms with van der Waals surface area (Å²) in [4.78, 5) is 15.4. The number of benzene rings is 3. The van der Waals surface area contributed by atoms with Crippen LogP contribution in [0.2, 0.25) is 0 Å². The highest BCUT2D eigenvalue weighted by Crippen LogP contribution is 2.40. The fraction of sp³-hybridized carbons (Fsp3) is 0.424. The highest BCUT2D eigenvalue weighted by atomic mass is 19.4. The number of anilines is 1. The highest BCUT2D eigenvalue weighted by molar-refractivity contribution is 5.80. The van der Waals surface area contributed by atoms with Crippen LogP contribution in [0.5, 0.6) is 0 Å². The average Bonchev–Trinajstić information content (AvgIpc) is 2.97. The van der Waals surface area contributed by atoms with Crippen LogP contribution in [0.4, 0.5) is 36.4 Å². The Labute approximate surface area is 246 Å². The lowest BCUT2D eigenvalue weighted by Gasteiger charge is -2.39. The summed E-state index contributed by atoms with van der Waals surface area (Å²) in [6.07, 6.45) is -4.81. The summed E-state index contributed by atoms with van der Waals surface area (Å²) in [7, 11) is 0. The van der Waals surface area contributed by atoms with Gasteiger partial charge in [0.05, 0.1) is 23.1 Å². The van der Waals surface area contributed by atoms with Gasteiger partial charge in [-0.15, -0.1) is 0 Å². The van der Waals surface area contributed by atoms with Crippen molar-refractivity contribution >= 4 is 11.6 Å². The number of amides is 1. The molecule has 0 unspecified atom stereocenters. The molecule has 2 aliphatic rings. The van der Waals surface area contributed by atoms with Crippen LogP contribution in [-0.4, -0.2) is 19.0 Å². The van der Waals surface area contributed by atoms with Crippen LogP contribution < -0.4 is 10.2 Å². The molecule has 1 amide bonds. The minimum Gasteiger partial charge on any atom is -0.371 e. The molecule has 0 bridgehead atoms. The number of alkyl halides is 6. The van der Waals surface area contributed by atoms with Crippen LogP contribution in [0, 0.1) is 5.82 Å². The lowest BCUT2D eigenvalue weighted by Crippen LogP contribution is -2.47. The van der Waals surface area contributed by atoms with Crippen LogP contribution in [0.15, 0.2) is 66.7 Å². The van der Waals surface area contributed by atoms with Gasteiger partial charge in [-0.3, -0.25) is 4.79 Å². The van der Waals surface area contributed by atoms with Gasteiger partial charge in [0.15, 0.2) is 0 Å². The lowest BCUT2D eigenvalue weighted by atomic mass is 9.76. The summed E-state index contributed by atoms with van der Waals surface area (Å²) in [6, 6.07) is 15.8. The van der Waals surface area contributed by atoms with E-state index >= 15 is 0 Å². The maximum Gasteiger partial charge on any atom is 0.416 e. The van der Waals surface area contributed by atoms with Gasteiger partial charge < -0.3 is 10.2 Å². The first kappa shape index (κ1) is 30.9. The topological polar surface area (TPSA) is 32.3 Å². The average molecular weight is 607 g/mol. The van der Waals surface area contributed by atoms with Crippen molar-refractivity contribution in [3.8, 4) is 0 Å². The number of nitrogens with one attached hydrogen (secondary N) is 1. The second-order valence-electron chi connectivity index (χ2n) is 11.6. The van der Waals surface area contributed by atoms with Crippen LogP contribution in [0.1, 0.15) is 78.7 Å². The van der Waals surface area contributed by atoms with Crippen molar-refractivity contribution in [1.29, 1.82) is 0 Å². The molecule has 0 aromatic heterocycles. The second kappa shape index (κ2) is 12.2. The minimum atomic E-state index is -4.98.